The van der Waals surface area contributed by atoms with Crippen LogP contribution in [0.25, 0.3) is 0 Å². The quantitative estimate of drug-likeness (QED) is 0.937. The van der Waals surface area contributed by atoms with Gasteiger partial charge in [0, 0.05) is 16.2 Å². The zero-order valence-corrected chi connectivity index (χ0v) is 11.1. The number of nitrogens with zero attached hydrogens (tertiary/aromatic N) is 1. The van der Waals surface area contributed by atoms with Gasteiger partial charge in [-0.1, -0.05) is 29.8 Å². The van der Waals surface area contributed by atoms with E-state index >= 15 is 0 Å². The van der Waals surface area contributed by atoms with E-state index in [4.69, 9.17) is 21.4 Å². The van der Waals surface area contributed by atoms with E-state index in [1.54, 1.807) is 24.4 Å². The first-order valence-corrected chi connectivity index (χ1v) is 6.05. The van der Waals surface area contributed by atoms with Gasteiger partial charge in [-0.25, -0.2) is 4.98 Å². The van der Waals surface area contributed by atoms with Crippen LogP contribution in [0.3, 0.4) is 0 Å². The Labute approximate surface area is 112 Å². The zero-order valence-electron chi connectivity index (χ0n) is 8.73. The van der Waals surface area contributed by atoms with Crippen molar-refractivity contribution in [2.45, 2.75) is 6.61 Å². The Balaban J connectivity index is 2.31. The molecule has 0 amide bonds. The molecule has 17 heavy (non-hydrogen) atoms. The Hall–Kier alpha value is -1.10. The van der Waals surface area contributed by atoms with E-state index in [0.29, 0.717) is 22.2 Å². The summed E-state index contributed by atoms with van der Waals surface area (Å²) >= 11 is 9.26. The van der Waals surface area contributed by atoms with E-state index in [1.807, 2.05) is 12.1 Å². The van der Waals surface area contributed by atoms with E-state index in [-0.39, 0.29) is 6.61 Å². The maximum absolute atomic E-state index is 9.17. The normalized spacial score (nSPS) is 10.3. The second kappa shape index (κ2) is 5.49. The van der Waals surface area contributed by atoms with Crippen molar-refractivity contribution in [3.63, 3.8) is 0 Å². The maximum atomic E-state index is 9.17. The van der Waals surface area contributed by atoms with Crippen molar-refractivity contribution >= 4 is 27.5 Å². The Kier molecular flexibility index (Phi) is 3.99. The number of ether oxygens (including phenoxy) is 1. The van der Waals surface area contributed by atoms with Gasteiger partial charge in [-0.05, 0) is 28.1 Å². The van der Waals surface area contributed by atoms with Gasteiger partial charge in [0.15, 0.2) is 0 Å². The molecule has 0 unspecified atom stereocenters. The third kappa shape index (κ3) is 2.97. The lowest BCUT2D eigenvalue weighted by Gasteiger charge is -2.09. The first kappa shape index (κ1) is 12.4. The average molecular weight is 315 g/mol. The molecule has 0 aliphatic carbocycles. The van der Waals surface area contributed by atoms with Crippen LogP contribution < -0.4 is 4.74 Å². The number of para-hydroxylation sites is 1. The summed E-state index contributed by atoms with van der Waals surface area (Å²) in [4.78, 5) is 4.07. The topological polar surface area (TPSA) is 42.4 Å². The fourth-order valence-electron chi connectivity index (χ4n) is 1.32. The van der Waals surface area contributed by atoms with Crippen LogP contribution in [0.4, 0.5) is 0 Å². The van der Waals surface area contributed by atoms with Gasteiger partial charge in [0.05, 0.1) is 6.61 Å². The Morgan fingerprint density at radius 2 is 2.12 bits per heavy atom. The van der Waals surface area contributed by atoms with Crippen LogP contribution in [0.5, 0.6) is 11.6 Å². The fraction of sp³-hybridized carbons (Fsp3) is 0.0833. The molecule has 1 aromatic carbocycles. The second-order valence-corrected chi connectivity index (χ2v) is 4.63. The van der Waals surface area contributed by atoms with Gasteiger partial charge in [0.2, 0.25) is 5.88 Å². The number of hydrogen-bond donors (Lipinski definition) is 1. The van der Waals surface area contributed by atoms with Crippen molar-refractivity contribution < 1.29 is 9.84 Å². The number of aliphatic hydroxyl groups is 1. The molecular weight excluding hydrogens is 305 g/mol. The number of aromatic nitrogens is 1. The highest BCUT2D eigenvalue weighted by Crippen LogP contribution is 2.30. The standard InChI is InChI=1S/C12H9BrClNO2/c13-9-5-10(14)12(15-6-9)17-11-4-2-1-3-8(11)7-16/h1-6,16H,7H2. The summed E-state index contributed by atoms with van der Waals surface area (Å²) in [5.41, 5.74) is 0.688. The number of benzene rings is 1. The summed E-state index contributed by atoms with van der Waals surface area (Å²) in [6, 6.07) is 8.88. The molecule has 3 nitrogen and oxygen atoms in total. The number of pyridine rings is 1. The van der Waals surface area contributed by atoms with Crippen molar-refractivity contribution in [2.24, 2.45) is 0 Å². The molecule has 1 N–H and O–H groups in total. The minimum Gasteiger partial charge on any atom is -0.437 e. The van der Waals surface area contributed by atoms with E-state index in [9.17, 15) is 0 Å². The Bertz CT molecular complexity index is 534. The molecule has 2 aromatic rings. The smallest absolute Gasteiger partial charge is 0.238 e. The third-order valence-corrected chi connectivity index (χ3v) is 2.83. The summed E-state index contributed by atoms with van der Waals surface area (Å²) in [5, 5.41) is 9.58. The number of aliphatic hydroxyl groups excluding tert-OH is 1. The number of halogens is 2. The predicted octanol–water partition coefficient (Wildman–Crippen LogP) is 3.78. The molecule has 0 spiro atoms. The van der Waals surface area contributed by atoms with Crippen LogP contribution in [0, 0.1) is 0 Å². The molecule has 0 fully saturated rings. The lowest BCUT2D eigenvalue weighted by atomic mass is 10.2. The predicted molar refractivity (Wildman–Crippen MR) is 69.4 cm³/mol. The molecule has 88 valence electrons. The molecule has 1 heterocycles. The minimum absolute atomic E-state index is 0.0929. The van der Waals surface area contributed by atoms with E-state index in [0.717, 1.165) is 4.47 Å². The molecule has 0 atom stereocenters. The lowest BCUT2D eigenvalue weighted by Crippen LogP contribution is -1.93. The van der Waals surface area contributed by atoms with Gasteiger partial charge in [-0.2, -0.15) is 0 Å². The van der Waals surface area contributed by atoms with Crippen LogP contribution >= 0.6 is 27.5 Å². The van der Waals surface area contributed by atoms with Gasteiger partial charge in [0.1, 0.15) is 10.8 Å². The zero-order chi connectivity index (χ0) is 12.3. The van der Waals surface area contributed by atoms with E-state index in [1.165, 1.54) is 0 Å². The number of rotatable bonds is 3. The molecule has 0 bridgehead atoms. The monoisotopic (exact) mass is 313 g/mol. The molecule has 0 saturated heterocycles. The van der Waals surface area contributed by atoms with Gasteiger partial charge in [0.25, 0.3) is 0 Å². The van der Waals surface area contributed by atoms with Crippen molar-refractivity contribution in [1.29, 1.82) is 0 Å². The summed E-state index contributed by atoms with van der Waals surface area (Å²) in [7, 11) is 0. The van der Waals surface area contributed by atoms with Gasteiger partial charge < -0.3 is 9.84 Å². The molecule has 0 radical (unpaired) electrons. The van der Waals surface area contributed by atoms with Crippen molar-refractivity contribution in [3.8, 4) is 11.6 Å². The van der Waals surface area contributed by atoms with Crippen molar-refractivity contribution in [1.82, 2.24) is 4.98 Å². The molecule has 2 rings (SSSR count). The lowest BCUT2D eigenvalue weighted by molar-refractivity contribution is 0.276. The fourth-order valence-corrected chi connectivity index (χ4v) is 1.98. The highest BCUT2D eigenvalue weighted by Gasteiger charge is 2.08. The molecule has 1 aromatic heterocycles. The van der Waals surface area contributed by atoms with E-state index < -0.39 is 0 Å². The Morgan fingerprint density at radius 1 is 1.35 bits per heavy atom. The van der Waals surface area contributed by atoms with Crippen LogP contribution in [0.2, 0.25) is 5.02 Å². The minimum atomic E-state index is -0.0929. The number of hydrogen-bond acceptors (Lipinski definition) is 3. The highest BCUT2D eigenvalue weighted by atomic mass is 79.9. The average Bonchev–Trinajstić information content (AvgIpc) is 2.33. The molecule has 5 heteroatoms. The van der Waals surface area contributed by atoms with Gasteiger partial charge in [-0.3, -0.25) is 0 Å². The van der Waals surface area contributed by atoms with Crippen LogP contribution in [-0.4, -0.2) is 10.1 Å². The highest BCUT2D eigenvalue weighted by molar-refractivity contribution is 9.10. The molecule has 0 aliphatic rings. The van der Waals surface area contributed by atoms with E-state index in [2.05, 4.69) is 20.9 Å². The first-order chi connectivity index (χ1) is 8.20. The largest absolute Gasteiger partial charge is 0.437 e. The Morgan fingerprint density at radius 3 is 2.82 bits per heavy atom. The van der Waals surface area contributed by atoms with Crippen LogP contribution in [0.1, 0.15) is 5.56 Å². The molecule has 0 aliphatic heterocycles. The summed E-state index contributed by atoms with van der Waals surface area (Å²) in [6.07, 6.45) is 1.60. The second-order valence-electron chi connectivity index (χ2n) is 3.31. The van der Waals surface area contributed by atoms with Gasteiger partial charge >= 0.3 is 0 Å². The van der Waals surface area contributed by atoms with Gasteiger partial charge in [-0.15, -0.1) is 0 Å². The van der Waals surface area contributed by atoms with Crippen LogP contribution in [0.15, 0.2) is 41.0 Å². The van der Waals surface area contributed by atoms with Crippen molar-refractivity contribution in [3.05, 3.63) is 51.6 Å². The molecular formula is C12H9BrClNO2. The summed E-state index contributed by atoms with van der Waals surface area (Å²) in [6.45, 7) is -0.0929. The summed E-state index contributed by atoms with van der Waals surface area (Å²) in [5.74, 6) is 0.863. The van der Waals surface area contributed by atoms with Crippen molar-refractivity contribution in [2.75, 3.05) is 0 Å². The SMILES string of the molecule is OCc1ccccc1Oc1ncc(Br)cc1Cl. The third-order valence-electron chi connectivity index (χ3n) is 2.12. The van der Waals surface area contributed by atoms with Crippen LogP contribution in [-0.2, 0) is 6.61 Å². The summed E-state index contributed by atoms with van der Waals surface area (Å²) < 4.78 is 6.34. The maximum Gasteiger partial charge on any atom is 0.238 e. The molecule has 0 saturated carbocycles. The first-order valence-electron chi connectivity index (χ1n) is 4.88.